The first-order valence-electron chi connectivity index (χ1n) is 9.86. The van der Waals surface area contributed by atoms with Gasteiger partial charge in [-0.25, -0.2) is 9.78 Å². The predicted molar refractivity (Wildman–Crippen MR) is 112 cm³/mol. The van der Waals surface area contributed by atoms with Crippen molar-refractivity contribution in [3.05, 3.63) is 63.1 Å². The number of nitrogens with zero attached hydrogens (tertiary/aromatic N) is 5. The number of amides is 1. The van der Waals surface area contributed by atoms with Crippen LogP contribution in [0.2, 0.25) is 0 Å². The van der Waals surface area contributed by atoms with Crippen LogP contribution in [0.3, 0.4) is 0 Å². The summed E-state index contributed by atoms with van der Waals surface area (Å²) in [6.45, 7) is 3.83. The summed E-state index contributed by atoms with van der Waals surface area (Å²) in [5.74, 6) is 0.105. The van der Waals surface area contributed by atoms with Gasteiger partial charge in [-0.3, -0.25) is 18.7 Å². The zero-order chi connectivity index (χ0) is 21.0. The lowest BCUT2D eigenvalue weighted by Gasteiger charge is -2.21. The standard InChI is InChI=1S/C21H27N5O3/c1-4-25(14-12-16-9-6-5-7-10-16)17(27)11-8-13-26-15-22-19-18(26)20(28)24(3)21(29)23(19)2/h5-7,9-10,15H,4,8,11-14H2,1-3H3. The molecule has 0 saturated carbocycles. The Kier molecular flexibility index (Phi) is 6.31. The van der Waals surface area contributed by atoms with Gasteiger partial charge in [-0.2, -0.15) is 0 Å². The normalized spacial score (nSPS) is 11.1. The van der Waals surface area contributed by atoms with Gasteiger partial charge in [0.05, 0.1) is 6.33 Å². The summed E-state index contributed by atoms with van der Waals surface area (Å²) in [6.07, 6.45) is 3.38. The third-order valence-corrected chi connectivity index (χ3v) is 5.25. The van der Waals surface area contributed by atoms with E-state index >= 15 is 0 Å². The maximum atomic E-state index is 12.6. The van der Waals surface area contributed by atoms with Gasteiger partial charge in [0, 0.05) is 40.2 Å². The Bertz CT molecular complexity index is 1110. The van der Waals surface area contributed by atoms with Gasteiger partial charge in [-0.05, 0) is 25.3 Å². The molecule has 0 aliphatic rings. The topological polar surface area (TPSA) is 82.1 Å². The lowest BCUT2D eigenvalue weighted by atomic mass is 10.1. The molecule has 0 spiro atoms. The molecule has 29 heavy (non-hydrogen) atoms. The summed E-state index contributed by atoms with van der Waals surface area (Å²) in [4.78, 5) is 43.2. The molecule has 0 bridgehead atoms. The molecule has 1 aromatic carbocycles. The molecule has 8 heteroatoms. The van der Waals surface area contributed by atoms with Crippen LogP contribution in [0.5, 0.6) is 0 Å². The molecule has 0 radical (unpaired) electrons. The minimum atomic E-state index is -0.403. The maximum Gasteiger partial charge on any atom is 0.332 e. The largest absolute Gasteiger partial charge is 0.343 e. The predicted octanol–water partition coefficient (Wildman–Crippen LogP) is 1.31. The van der Waals surface area contributed by atoms with Crippen LogP contribution in [-0.2, 0) is 31.9 Å². The third kappa shape index (κ3) is 4.31. The second-order valence-electron chi connectivity index (χ2n) is 7.13. The molecule has 2 aromatic heterocycles. The smallest absolute Gasteiger partial charge is 0.332 e. The van der Waals surface area contributed by atoms with Crippen molar-refractivity contribution in [1.29, 1.82) is 0 Å². The Morgan fingerprint density at radius 3 is 2.52 bits per heavy atom. The van der Waals surface area contributed by atoms with E-state index in [0.29, 0.717) is 43.6 Å². The number of hydrogen-bond donors (Lipinski definition) is 0. The number of likely N-dealkylation sites (N-methyl/N-ethyl adjacent to an activating group) is 1. The molecule has 154 valence electrons. The molecule has 0 N–H and O–H groups in total. The van der Waals surface area contributed by atoms with Gasteiger partial charge in [0.2, 0.25) is 5.91 Å². The fourth-order valence-corrected chi connectivity index (χ4v) is 3.49. The van der Waals surface area contributed by atoms with E-state index in [2.05, 4.69) is 17.1 Å². The molecular weight excluding hydrogens is 370 g/mol. The Labute approximate surface area is 169 Å². The summed E-state index contributed by atoms with van der Waals surface area (Å²) < 4.78 is 4.17. The average molecular weight is 397 g/mol. The fourth-order valence-electron chi connectivity index (χ4n) is 3.49. The van der Waals surface area contributed by atoms with Crippen molar-refractivity contribution in [2.75, 3.05) is 13.1 Å². The fraction of sp³-hybridized carbons (Fsp3) is 0.429. The summed E-state index contributed by atoms with van der Waals surface area (Å²) in [5.41, 5.74) is 1.19. The Morgan fingerprint density at radius 1 is 1.10 bits per heavy atom. The molecule has 0 aliphatic heterocycles. The maximum absolute atomic E-state index is 12.6. The quantitative estimate of drug-likeness (QED) is 0.574. The van der Waals surface area contributed by atoms with Gasteiger partial charge in [-0.1, -0.05) is 30.3 Å². The SMILES string of the molecule is CCN(CCc1ccccc1)C(=O)CCCn1cnc2c1c(=O)n(C)c(=O)n2C. The van der Waals surface area contributed by atoms with Crippen molar-refractivity contribution in [3.63, 3.8) is 0 Å². The summed E-state index contributed by atoms with van der Waals surface area (Å²) >= 11 is 0. The summed E-state index contributed by atoms with van der Waals surface area (Å²) in [7, 11) is 3.05. The molecular formula is C21H27N5O3. The molecule has 1 amide bonds. The van der Waals surface area contributed by atoms with Crippen molar-refractivity contribution in [2.24, 2.45) is 14.1 Å². The van der Waals surface area contributed by atoms with Crippen molar-refractivity contribution in [1.82, 2.24) is 23.6 Å². The summed E-state index contributed by atoms with van der Waals surface area (Å²) in [5, 5.41) is 0. The van der Waals surface area contributed by atoms with Crippen molar-refractivity contribution < 1.29 is 4.79 Å². The van der Waals surface area contributed by atoms with Crippen molar-refractivity contribution >= 4 is 17.1 Å². The van der Waals surface area contributed by atoms with Gasteiger partial charge in [-0.15, -0.1) is 0 Å². The van der Waals surface area contributed by atoms with Crippen LogP contribution in [-0.4, -0.2) is 42.6 Å². The van der Waals surface area contributed by atoms with Crippen LogP contribution in [0.25, 0.3) is 11.2 Å². The first-order chi connectivity index (χ1) is 13.9. The van der Waals surface area contributed by atoms with E-state index in [1.807, 2.05) is 30.0 Å². The van der Waals surface area contributed by atoms with E-state index < -0.39 is 5.69 Å². The van der Waals surface area contributed by atoms with E-state index in [0.717, 1.165) is 11.0 Å². The number of hydrogen-bond acceptors (Lipinski definition) is 4. The molecule has 0 saturated heterocycles. The highest BCUT2D eigenvalue weighted by atomic mass is 16.2. The van der Waals surface area contributed by atoms with E-state index in [-0.39, 0.29) is 11.5 Å². The number of aryl methyl sites for hydroxylation is 2. The van der Waals surface area contributed by atoms with Crippen LogP contribution in [0, 0.1) is 0 Å². The van der Waals surface area contributed by atoms with Gasteiger partial charge in [0.25, 0.3) is 5.56 Å². The number of carbonyl (C=O) groups excluding carboxylic acids is 1. The van der Waals surface area contributed by atoms with Gasteiger partial charge in [0.1, 0.15) is 0 Å². The molecule has 3 rings (SSSR count). The highest BCUT2D eigenvalue weighted by molar-refractivity contribution is 5.76. The second kappa shape index (κ2) is 8.89. The van der Waals surface area contributed by atoms with Gasteiger partial charge in [0.15, 0.2) is 11.2 Å². The lowest BCUT2D eigenvalue weighted by Crippen LogP contribution is -2.37. The minimum Gasteiger partial charge on any atom is -0.343 e. The number of imidazole rings is 1. The zero-order valence-corrected chi connectivity index (χ0v) is 17.2. The van der Waals surface area contributed by atoms with Crippen molar-refractivity contribution in [3.8, 4) is 0 Å². The molecule has 0 atom stereocenters. The van der Waals surface area contributed by atoms with Crippen LogP contribution >= 0.6 is 0 Å². The Morgan fingerprint density at radius 2 is 1.83 bits per heavy atom. The molecule has 3 aromatic rings. The Hall–Kier alpha value is -3.16. The van der Waals surface area contributed by atoms with Crippen molar-refractivity contribution in [2.45, 2.75) is 32.7 Å². The average Bonchev–Trinajstić information content (AvgIpc) is 3.16. The van der Waals surface area contributed by atoms with Crippen LogP contribution in [0.15, 0.2) is 46.2 Å². The highest BCUT2D eigenvalue weighted by Gasteiger charge is 2.15. The van der Waals surface area contributed by atoms with E-state index in [4.69, 9.17) is 0 Å². The number of fused-ring (bicyclic) bond motifs is 1. The van der Waals surface area contributed by atoms with Crippen LogP contribution in [0.4, 0.5) is 0 Å². The molecule has 0 aliphatic carbocycles. The first-order valence-corrected chi connectivity index (χ1v) is 9.86. The van der Waals surface area contributed by atoms with E-state index in [9.17, 15) is 14.4 Å². The number of aromatic nitrogens is 4. The second-order valence-corrected chi connectivity index (χ2v) is 7.13. The van der Waals surface area contributed by atoms with Gasteiger partial charge < -0.3 is 9.47 Å². The third-order valence-electron chi connectivity index (χ3n) is 5.25. The number of carbonyl (C=O) groups is 1. The molecule has 2 heterocycles. The van der Waals surface area contributed by atoms with Crippen LogP contribution < -0.4 is 11.2 Å². The van der Waals surface area contributed by atoms with E-state index in [1.54, 1.807) is 17.9 Å². The number of benzene rings is 1. The molecule has 0 unspecified atom stereocenters. The monoisotopic (exact) mass is 397 g/mol. The molecule has 8 nitrogen and oxygen atoms in total. The lowest BCUT2D eigenvalue weighted by molar-refractivity contribution is -0.131. The summed E-state index contributed by atoms with van der Waals surface area (Å²) in [6, 6.07) is 10.1. The van der Waals surface area contributed by atoms with Crippen LogP contribution in [0.1, 0.15) is 25.3 Å². The minimum absolute atomic E-state index is 0.105. The van der Waals surface area contributed by atoms with E-state index in [1.165, 1.54) is 17.2 Å². The number of rotatable bonds is 8. The highest BCUT2D eigenvalue weighted by Crippen LogP contribution is 2.09. The zero-order valence-electron chi connectivity index (χ0n) is 17.2. The molecule has 0 fully saturated rings. The first kappa shape index (κ1) is 20.6. The van der Waals surface area contributed by atoms with Gasteiger partial charge >= 0.3 is 5.69 Å². The Balaban J connectivity index is 1.62.